The number of amides is 2. The maximum absolute atomic E-state index is 12.8. The lowest BCUT2D eigenvalue weighted by Gasteiger charge is -2.30. The van der Waals surface area contributed by atoms with Crippen LogP contribution in [-0.4, -0.2) is 123 Å². The van der Waals surface area contributed by atoms with E-state index in [1.807, 2.05) is 0 Å². The summed E-state index contributed by atoms with van der Waals surface area (Å²) in [7, 11) is -16.4. The summed E-state index contributed by atoms with van der Waals surface area (Å²) >= 11 is 1.16. The Hall–Kier alpha value is -2.44. The molecule has 70 heavy (non-hydrogen) atoms. The fourth-order valence-corrected chi connectivity index (χ4v) is 11.0. The quantitative estimate of drug-likeness (QED) is 0.0279. The van der Waals surface area contributed by atoms with E-state index in [0.717, 1.165) is 54.2 Å². The van der Waals surface area contributed by atoms with Crippen LogP contribution in [0.5, 0.6) is 0 Å². The molecule has 0 saturated carbocycles. The summed E-state index contributed by atoms with van der Waals surface area (Å²) < 4.78 is 62.5. The minimum Gasteiger partial charge on any atom is -0.386 e. The van der Waals surface area contributed by atoms with Gasteiger partial charge in [-0.1, -0.05) is 136 Å². The first-order valence-corrected chi connectivity index (χ1v) is 29.5. The summed E-state index contributed by atoms with van der Waals surface area (Å²) in [6.45, 7) is 5.17. The van der Waals surface area contributed by atoms with E-state index in [2.05, 4.69) is 48.3 Å². The molecule has 3 heterocycles. The third kappa shape index (κ3) is 23.6. The Morgan fingerprint density at radius 1 is 0.829 bits per heavy atom. The molecule has 2 amide bonds. The van der Waals surface area contributed by atoms with Crippen LogP contribution in [0.1, 0.15) is 149 Å². The number of nitrogens with one attached hydrogen (secondary N) is 2. The molecule has 7 atom stereocenters. The van der Waals surface area contributed by atoms with Gasteiger partial charge in [-0.3, -0.25) is 32.5 Å². The fraction of sp³-hybridized carbons (Fsp3) is 0.810. The van der Waals surface area contributed by atoms with Crippen LogP contribution in [0, 0.1) is 11.3 Å². The highest BCUT2D eigenvalue weighted by molar-refractivity contribution is 8.13. The van der Waals surface area contributed by atoms with Crippen molar-refractivity contribution in [2.45, 2.75) is 174 Å². The third-order valence-electron chi connectivity index (χ3n) is 11.4. The lowest BCUT2D eigenvalue weighted by atomic mass is 9.87. The first-order valence-electron chi connectivity index (χ1n) is 24.0. The number of hydrogen-bond donors (Lipinski definition) is 9. The maximum Gasteiger partial charge on any atom is 0.481 e. The lowest BCUT2D eigenvalue weighted by Crippen LogP contribution is -2.46. The van der Waals surface area contributed by atoms with E-state index in [4.69, 9.17) is 19.5 Å². The molecule has 2 aromatic heterocycles. The molecule has 10 N–H and O–H groups in total. The number of unbranched alkanes of at least 4 members (excludes halogenated alkanes) is 14. The predicted molar refractivity (Wildman–Crippen MR) is 260 cm³/mol. The highest BCUT2D eigenvalue weighted by atomic mass is 32.2. The second kappa shape index (κ2) is 30.7. The molecule has 0 bridgehead atoms. The van der Waals surface area contributed by atoms with Crippen LogP contribution in [0.2, 0.25) is 0 Å². The van der Waals surface area contributed by atoms with Gasteiger partial charge in [0.25, 0.3) is 0 Å². The molecular weight excluding hydrogens is 999 g/mol. The standard InChI is InChI=1S/C42H76N7O17P3S/c1-30(2)20-18-16-14-12-10-8-6-5-7-9-11-13-15-17-19-21-33(51)70-25-24-44-32(50)22-23-45-40(54)37(53)42(3,4)27-63-69(60,61)66-68(58,59)62-26-31-36(65-67(55,56)57)35(52)41(64-31)49-29-48-34-38(43)46-28-47-39(34)49/h28-31,35-37,41,52-53H,5-27H2,1-4H3,(H,44,50)(H,45,54)(H,58,59)(H,60,61)(H2,43,46,47)(H2,55,56,57)/t31-,35-,36-,37+,41-/m1/s1. The van der Waals surface area contributed by atoms with Gasteiger partial charge in [0.1, 0.15) is 36.3 Å². The molecule has 24 nitrogen and oxygen atoms in total. The lowest BCUT2D eigenvalue weighted by molar-refractivity contribution is -0.137. The number of nitrogens with two attached hydrogens (primary N) is 1. The molecule has 2 aromatic rings. The monoisotopic (exact) mass is 1080 g/mol. The van der Waals surface area contributed by atoms with Gasteiger partial charge in [0, 0.05) is 37.1 Å². The van der Waals surface area contributed by atoms with Gasteiger partial charge in [-0.05, 0) is 12.3 Å². The summed E-state index contributed by atoms with van der Waals surface area (Å²) in [4.78, 5) is 88.5. The molecule has 2 unspecified atom stereocenters. The molecule has 0 radical (unpaired) electrons. The van der Waals surface area contributed by atoms with Gasteiger partial charge >= 0.3 is 23.5 Å². The summed E-state index contributed by atoms with van der Waals surface area (Å²) in [5, 5.41) is 26.7. The highest BCUT2D eigenvalue weighted by Crippen LogP contribution is 2.61. The number of nitrogen functional groups attached to an aromatic ring is 1. The number of fused-ring (bicyclic) bond motifs is 1. The number of hydrogen-bond acceptors (Lipinski definition) is 18. The number of rotatable bonds is 37. The highest BCUT2D eigenvalue weighted by Gasteiger charge is 2.50. The van der Waals surface area contributed by atoms with Crippen LogP contribution in [0.3, 0.4) is 0 Å². The number of carbonyl (C=O) groups is 3. The van der Waals surface area contributed by atoms with Crippen LogP contribution >= 0.6 is 35.2 Å². The third-order valence-corrected chi connectivity index (χ3v) is 15.5. The Kier molecular flexibility index (Phi) is 27.1. The number of thioether (sulfide) groups is 1. The molecule has 1 aliphatic rings. The van der Waals surface area contributed by atoms with Crippen molar-refractivity contribution >= 4 is 69.1 Å². The van der Waals surface area contributed by atoms with Crippen molar-refractivity contribution in [1.82, 2.24) is 30.2 Å². The van der Waals surface area contributed by atoms with Crippen molar-refractivity contribution in [1.29, 1.82) is 0 Å². The van der Waals surface area contributed by atoms with Gasteiger partial charge in [0.2, 0.25) is 11.8 Å². The molecule has 0 aliphatic carbocycles. The molecule has 402 valence electrons. The Bertz CT molecular complexity index is 2060. The summed E-state index contributed by atoms with van der Waals surface area (Å²) in [5.74, 6) is -0.200. The van der Waals surface area contributed by atoms with E-state index in [-0.39, 0.29) is 41.6 Å². The van der Waals surface area contributed by atoms with Crippen LogP contribution in [-0.2, 0) is 50.7 Å². The van der Waals surface area contributed by atoms with Crippen molar-refractivity contribution in [3.63, 3.8) is 0 Å². The molecule has 3 rings (SSSR count). The average molecular weight is 1080 g/mol. The Labute approximate surface area is 414 Å². The van der Waals surface area contributed by atoms with Crippen LogP contribution < -0.4 is 16.4 Å². The largest absolute Gasteiger partial charge is 0.481 e. The van der Waals surface area contributed by atoms with Crippen LogP contribution in [0.15, 0.2) is 12.7 Å². The van der Waals surface area contributed by atoms with Crippen molar-refractivity contribution in [3.8, 4) is 0 Å². The SMILES string of the molecule is CC(C)CCCCCCCCCCCCCCCCCC(=O)SCCNC(=O)CCNC(=O)[C@H](O)C(C)(C)COP(=O)(O)OP(=O)(O)OC[C@H]1O[C@@H](n2cnc3c(N)ncnc32)[C@H](O)[C@@H]1OP(=O)(O)O. The van der Waals surface area contributed by atoms with E-state index in [0.29, 0.717) is 12.2 Å². The van der Waals surface area contributed by atoms with E-state index in [1.54, 1.807) is 0 Å². The average Bonchev–Trinajstić information content (AvgIpc) is 3.84. The second-order valence-corrected chi connectivity index (χ2v) is 23.9. The van der Waals surface area contributed by atoms with Gasteiger partial charge in [0.15, 0.2) is 22.8 Å². The topological polar surface area (TPSA) is 364 Å². The number of phosphoric acid groups is 3. The van der Waals surface area contributed by atoms with Gasteiger partial charge in [-0.25, -0.2) is 28.6 Å². The van der Waals surface area contributed by atoms with Crippen LogP contribution in [0.25, 0.3) is 11.2 Å². The number of aliphatic hydroxyl groups is 2. The number of ether oxygens (including phenoxy) is 1. The van der Waals surface area contributed by atoms with E-state index in [1.165, 1.54) is 97.3 Å². The zero-order valence-electron chi connectivity index (χ0n) is 40.7. The number of phosphoric ester groups is 3. The van der Waals surface area contributed by atoms with Crippen molar-refractivity contribution < 1.29 is 80.5 Å². The van der Waals surface area contributed by atoms with Gasteiger partial charge in [-0.2, -0.15) is 4.31 Å². The van der Waals surface area contributed by atoms with Gasteiger partial charge in [0.05, 0.1) is 19.5 Å². The second-order valence-electron chi connectivity index (χ2n) is 18.5. The number of aromatic nitrogens is 4. The van der Waals surface area contributed by atoms with E-state index < -0.39 is 84.6 Å². The molecule has 0 aromatic carbocycles. The number of carbonyl (C=O) groups excluding carboxylic acids is 3. The minimum atomic E-state index is -5.58. The van der Waals surface area contributed by atoms with Crippen LogP contribution in [0.4, 0.5) is 5.82 Å². The van der Waals surface area contributed by atoms with E-state index in [9.17, 15) is 57.9 Å². The zero-order valence-corrected chi connectivity index (χ0v) is 44.2. The first kappa shape index (κ1) is 61.9. The summed E-state index contributed by atoms with van der Waals surface area (Å²) in [6, 6.07) is 0. The fourth-order valence-electron chi connectivity index (χ4n) is 7.49. The zero-order chi connectivity index (χ0) is 52.0. The molecule has 1 fully saturated rings. The normalized spacial score (nSPS) is 19.8. The Morgan fingerprint density at radius 3 is 1.99 bits per heavy atom. The van der Waals surface area contributed by atoms with Crippen molar-refractivity contribution in [3.05, 3.63) is 12.7 Å². The smallest absolute Gasteiger partial charge is 0.386 e. The van der Waals surface area contributed by atoms with E-state index >= 15 is 0 Å². The molecule has 0 spiro atoms. The summed E-state index contributed by atoms with van der Waals surface area (Å²) in [5.41, 5.74) is 4.29. The number of imidazole rings is 1. The molecule has 1 aliphatic heterocycles. The summed E-state index contributed by atoms with van der Waals surface area (Å²) in [6.07, 6.45) is 13.8. The number of anilines is 1. The van der Waals surface area contributed by atoms with Crippen molar-refractivity contribution in [2.75, 3.05) is 37.8 Å². The Balaban J connectivity index is 1.26. The predicted octanol–water partition coefficient (Wildman–Crippen LogP) is 5.95. The Morgan fingerprint density at radius 2 is 1.40 bits per heavy atom. The molecular formula is C42H76N7O17P3S. The van der Waals surface area contributed by atoms with Crippen molar-refractivity contribution in [2.24, 2.45) is 11.3 Å². The first-order chi connectivity index (χ1) is 32.9. The maximum atomic E-state index is 12.8. The molecule has 28 heteroatoms. The van der Waals surface area contributed by atoms with Gasteiger partial charge in [-0.15, -0.1) is 0 Å². The minimum absolute atomic E-state index is 0.0341. The number of aliphatic hydroxyl groups excluding tert-OH is 2. The molecule has 1 saturated heterocycles. The number of nitrogens with zero attached hydrogens (tertiary/aromatic N) is 4. The van der Waals surface area contributed by atoms with Gasteiger partial charge < -0.3 is 50.9 Å².